The van der Waals surface area contributed by atoms with Gasteiger partial charge < -0.3 is 5.73 Å². The molecule has 0 spiro atoms. The first kappa shape index (κ1) is 20.9. The third-order valence-corrected chi connectivity index (χ3v) is 5.08. The second kappa shape index (κ2) is 9.85. The maximum Gasteiger partial charge on any atom is 0.211 e. The minimum atomic E-state index is -3.04. The first-order valence-electron chi connectivity index (χ1n) is 8.19. The SMILES string of the molecule is CC.CC.Cc1c(N)cccc1C1CCN(S(C)(=O)=O)CC1. The first-order chi connectivity index (χ1) is 10.4. The lowest BCUT2D eigenvalue weighted by Gasteiger charge is -2.31. The van der Waals surface area contributed by atoms with Crippen molar-refractivity contribution in [2.24, 2.45) is 0 Å². The molecule has 0 amide bonds. The van der Waals surface area contributed by atoms with E-state index in [1.807, 2.05) is 46.8 Å². The van der Waals surface area contributed by atoms with Crippen molar-refractivity contribution >= 4 is 15.7 Å². The lowest BCUT2D eigenvalue weighted by atomic mass is 9.87. The zero-order valence-electron chi connectivity index (χ0n) is 14.9. The molecule has 0 atom stereocenters. The topological polar surface area (TPSA) is 63.4 Å². The average molecular weight is 329 g/mol. The third kappa shape index (κ3) is 5.61. The normalized spacial score (nSPS) is 16.1. The number of hydrogen-bond donors (Lipinski definition) is 1. The maximum absolute atomic E-state index is 11.5. The third-order valence-electron chi connectivity index (χ3n) is 3.78. The lowest BCUT2D eigenvalue weighted by molar-refractivity contribution is 0.321. The fraction of sp³-hybridized carbons (Fsp3) is 0.647. The van der Waals surface area contributed by atoms with Gasteiger partial charge in [-0.25, -0.2) is 12.7 Å². The number of nitrogen functional groups attached to an aromatic ring is 1. The Morgan fingerprint density at radius 2 is 1.59 bits per heavy atom. The van der Waals surface area contributed by atoms with Crippen molar-refractivity contribution in [2.45, 2.75) is 53.4 Å². The van der Waals surface area contributed by atoms with Gasteiger partial charge in [0.2, 0.25) is 10.0 Å². The summed E-state index contributed by atoms with van der Waals surface area (Å²) in [5.74, 6) is 0.423. The summed E-state index contributed by atoms with van der Waals surface area (Å²) < 4.78 is 24.5. The van der Waals surface area contributed by atoms with Crippen molar-refractivity contribution < 1.29 is 8.42 Å². The number of nitrogens with two attached hydrogens (primary N) is 1. The first-order valence-corrected chi connectivity index (χ1v) is 10.0. The second-order valence-corrected chi connectivity index (χ2v) is 6.98. The predicted molar refractivity (Wildman–Crippen MR) is 96.7 cm³/mol. The molecule has 22 heavy (non-hydrogen) atoms. The standard InChI is InChI=1S/C13H20N2O2S.2C2H6/c1-10-12(4-3-5-13(10)14)11-6-8-15(9-7-11)18(2,16)17;2*1-2/h3-5,11H,6-9,14H2,1-2H3;2*1-2H3. The van der Waals surface area contributed by atoms with Crippen LogP contribution >= 0.6 is 0 Å². The molecule has 1 fully saturated rings. The van der Waals surface area contributed by atoms with Gasteiger partial charge in [0.1, 0.15) is 0 Å². The van der Waals surface area contributed by atoms with E-state index in [-0.39, 0.29) is 0 Å². The highest BCUT2D eigenvalue weighted by Crippen LogP contribution is 2.32. The van der Waals surface area contributed by atoms with Crippen LogP contribution in [0.15, 0.2) is 18.2 Å². The molecular formula is C17H32N2O2S. The van der Waals surface area contributed by atoms with Gasteiger partial charge in [-0.3, -0.25) is 0 Å². The molecule has 4 nitrogen and oxygen atoms in total. The molecule has 2 rings (SSSR count). The zero-order valence-corrected chi connectivity index (χ0v) is 15.7. The van der Waals surface area contributed by atoms with Gasteiger partial charge in [0, 0.05) is 18.8 Å². The van der Waals surface area contributed by atoms with E-state index in [1.54, 1.807) is 4.31 Å². The highest BCUT2D eigenvalue weighted by atomic mass is 32.2. The Hall–Kier alpha value is -1.07. The molecule has 2 N–H and O–H groups in total. The molecule has 1 aliphatic heterocycles. The van der Waals surface area contributed by atoms with Crippen LogP contribution in [0, 0.1) is 6.92 Å². The van der Waals surface area contributed by atoms with Crippen LogP contribution in [0.3, 0.4) is 0 Å². The van der Waals surface area contributed by atoms with E-state index in [0.717, 1.165) is 24.1 Å². The molecule has 1 heterocycles. The van der Waals surface area contributed by atoms with Crippen LogP contribution in [0.2, 0.25) is 0 Å². The van der Waals surface area contributed by atoms with Gasteiger partial charge >= 0.3 is 0 Å². The number of sulfonamides is 1. The number of hydrogen-bond acceptors (Lipinski definition) is 3. The summed E-state index contributed by atoms with van der Waals surface area (Å²) in [5.41, 5.74) is 9.14. The van der Waals surface area contributed by atoms with Gasteiger partial charge in [0.25, 0.3) is 0 Å². The van der Waals surface area contributed by atoms with E-state index in [2.05, 4.69) is 6.07 Å². The highest BCUT2D eigenvalue weighted by molar-refractivity contribution is 7.88. The summed E-state index contributed by atoms with van der Waals surface area (Å²) >= 11 is 0. The van der Waals surface area contributed by atoms with Crippen LogP contribution in [0.5, 0.6) is 0 Å². The van der Waals surface area contributed by atoms with E-state index >= 15 is 0 Å². The molecule has 5 heteroatoms. The van der Waals surface area contributed by atoms with Crippen LogP contribution in [0.4, 0.5) is 5.69 Å². The van der Waals surface area contributed by atoms with Gasteiger partial charge in [-0.15, -0.1) is 0 Å². The van der Waals surface area contributed by atoms with Gasteiger partial charge in [0.15, 0.2) is 0 Å². The van der Waals surface area contributed by atoms with E-state index in [0.29, 0.717) is 19.0 Å². The number of rotatable bonds is 2. The summed E-state index contributed by atoms with van der Waals surface area (Å²) in [7, 11) is -3.04. The quantitative estimate of drug-likeness (QED) is 0.841. The number of anilines is 1. The smallest absolute Gasteiger partial charge is 0.211 e. The summed E-state index contributed by atoms with van der Waals surface area (Å²) in [5, 5.41) is 0. The minimum Gasteiger partial charge on any atom is -0.399 e. The van der Waals surface area contributed by atoms with Gasteiger partial charge in [0.05, 0.1) is 6.26 Å². The van der Waals surface area contributed by atoms with Gasteiger partial charge in [-0.1, -0.05) is 39.8 Å². The van der Waals surface area contributed by atoms with Crippen molar-refractivity contribution in [2.75, 3.05) is 25.1 Å². The van der Waals surface area contributed by atoms with Crippen LogP contribution in [0.25, 0.3) is 0 Å². The second-order valence-electron chi connectivity index (χ2n) is 5.00. The van der Waals surface area contributed by atoms with Crippen molar-refractivity contribution in [3.63, 3.8) is 0 Å². The molecule has 0 radical (unpaired) electrons. The largest absolute Gasteiger partial charge is 0.399 e. The number of nitrogens with zero attached hydrogens (tertiary/aromatic N) is 1. The van der Waals surface area contributed by atoms with Crippen LogP contribution < -0.4 is 5.73 Å². The molecule has 0 unspecified atom stereocenters. The molecule has 1 aromatic rings. The molecule has 0 aliphatic carbocycles. The van der Waals surface area contributed by atoms with E-state index in [1.165, 1.54) is 11.8 Å². The van der Waals surface area contributed by atoms with Crippen LogP contribution in [-0.4, -0.2) is 32.1 Å². The highest BCUT2D eigenvalue weighted by Gasteiger charge is 2.26. The summed E-state index contributed by atoms with van der Waals surface area (Å²) in [4.78, 5) is 0. The van der Waals surface area contributed by atoms with Crippen molar-refractivity contribution in [3.8, 4) is 0 Å². The number of piperidine rings is 1. The zero-order chi connectivity index (χ0) is 17.3. The van der Waals surface area contributed by atoms with E-state index in [9.17, 15) is 8.42 Å². The summed E-state index contributed by atoms with van der Waals surface area (Å²) in [6, 6.07) is 5.98. The lowest BCUT2D eigenvalue weighted by Crippen LogP contribution is -2.37. The molecule has 1 saturated heterocycles. The van der Waals surface area contributed by atoms with Gasteiger partial charge in [-0.2, -0.15) is 0 Å². The maximum atomic E-state index is 11.5. The molecule has 1 aromatic carbocycles. The Morgan fingerprint density at radius 1 is 1.09 bits per heavy atom. The predicted octanol–water partition coefficient (Wildman–Crippen LogP) is 3.77. The Balaban J connectivity index is 0.00000102. The Morgan fingerprint density at radius 3 is 2.05 bits per heavy atom. The molecular weight excluding hydrogens is 296 g/mol. The molecule has 0 saturated carbocycles. The Labute approximate surface area is 136 Å². The fourth-order valence-electron chi connectivity index (χ4n) is 2.61. The monoisotopic (exact) mass is 328 g/mol. The van der Waals surface area contributed by atoms with Crippen LogP contribution in [-0.2, 0) is 10.0 Å². The van der Waals surface area contributed by atoms with Crippen molar-refractivity contribution in [1.29, 1.82) is 0 Å². The van der Waals surface area contributed by atoms with Crippen LogP contribution in [0.1, 0.15) is 57.6 Å². The Kier molecular flexibility index (Phi) is 9.37. The molecule has 128 valence electrons. The number of benzene rings is 1. The fourth-order valence-corrected chi connectivity index (χ4v) is 3.49. The summed E-state index contributed by atoms with van der Waals surface area (Å²) in [6.45, 7) is 11.3. The van der Waals surface area contributed by atoms with Gasteiger partial charge in [-0.05, 0) is 42.9 Å². The minimum absolute atomic E-state index is 0.423. The molecule has 1 aliphatic rings. The summed E-state index contributed by atoms with van der Waals surface area (Å²) in [6.07, 6.45) is 3.02. The van der Waals surface area contributed by atoms with Crippen molar-refractivity contribution in [1.82, 2.24) is 4.31 Å². The molecule has 0 aromatic heterocycles. The van der Waals surface area contributed by atoms with E-state index < -0.39 is 10.0 Å². The van der Waals surface area contributed by atoms with E-state index in [4.69, 9.17) is 5.73 Å². The Bertz CT molecular complexity index is 534. The molecule has 0 bridgehead atoms. The van der Waals surface area contributed by atoms with Crippen molar-refractivity contribution in [3.05, 3.63) is 29.3 Å². The average Bonchev–Trinajstić information content (AvgIpc) is 2.53.